The van der Waals surface area contributed by atoms with Gasteiger partial charge in [0.15, 0.2) is 17.1 Å². The van der Waals surface area contributed by atoms with Gasteiger partial charge in [0.1, 0.15) is 5.82 Å². The van der Waals surface area contributed by atoms with Gasteiger partial charge in [-0.25, -0.2) is 9.50 Å². The number of hydrogen-bond donors (Lipinski definition) is 2. The van der Waals surface area contributed by atoms with Gasteiger partial charge in [-0.1, -0.05) is 6.07 Å². The first-order valence-electron chi connectivity index (χ1n) is 9.19. The maximum Gasteiger partial charge on any atom is 0.165 e. The number of methoxy groups -OCH3 is 2. The number of fused-ring (bicyclic) bond motifs is 1. The molecule has 1 saturated carbocycles. The zero-order chi connectivity index (χ0) is 18.8. The number of nitrogens with zero attached hydrogens (tertiary/aromatic N) is 3. The van der Waals surface area contributed by atoms with E-state index in [9.17, 15) is 5.11 Å². The molecule has 27 heavy (non-hydrogen) atoms. The first kappa shape index (κ1) is 17.6. The zero-order valence-electron chi connectivity index (χ0n) is 15.6. The van der Waals surface area contributed by atoms with E-state index in [1.165, 1.54) is 0 Å². The summed E-state index contributed by atoms with van der Waals surface area (Å²) in [6, 6.07) is 8.06. The van der Waals surface area contributed by atoms with Crippen molar-refractivity contribution in [2.24, 2.45) is 0 Å². The van der Waals surface area contributed by atoms with E-state index in [1.807, 2.05) is 36.7 Å². The summed E-state index contributed by atoms with van der Waals surface area (Å²) < 4.78 is 12.5. The Morgan fingerprint density at radius 1 is 1.07 bits per heavy atom. The third kappa shape index (κ3) is 3.55. The molecule has 1 aromatic carbocycles. The summed E-state index contributed by atoms with van der Waals surface area (Å²) >= 11 is 0. The van der Waals surface area contributed by atoms with Crippen LogP contribution in [0.25, 0.3) is 16.8 Å². The van der Waals surface area contributed by atoms with E-state index in [-0.39, 0.29) is 6.10 Å². The fourth-order valence-corrected chi connectivity index (χ4v) is 3.59. The van der Waals surface area contributed by atoms with Crippen LogP contribution < -0.4 is 14.8 Å². The van der Waals surface area contributed by atoms with Crippen LogP contribution in [0, 0.1) is 0 Å². The molecule has 0 atom stereocenters. The molecule has 2 aromatic heterocycles. The van der Waals surface area contributed by atoms with Crippen molar-refractivity contribution in [3.8, 4) is 22.6 Å². The summed E-state index contributed by atoms with van der Waals surface area (Å²) in [7, 11) is 3.25. The highest BCUT2D eigenvalue weighted by molar-refractivity contribution is 5.79. The van der Waals surface area contributed by atoms with Crippen molar-refractivity contribution in [1.29, 1.82) is 0 Å². The summed E-state index contributed by atoms with van der Waals surface area (Å²) in [6.07, 6.45) is 7.14. The molecule has 2 N–H and O–H groups in total. The van der Waals surface area contributed by atoms with Crippen molar-refractivity contribution in [2.75, 3.05) is 19.5 Å². The lowest BCUT2D eigenvalue weighted by Crippen LogP contribution is -2.28. The summed E-state index contributed by atoms with van der Waals surface area (Å²) in [4.78, 5) is 4.78. The van der Waals surface area contributed by atoms with Crippen molar-refractivity contribution < 1.29 is 14.6 Å². The molecule has 4 rings (SSSR count). The van der Waals surface area contributed by atoms with Crippen molar-refractivity contribution >= 4 is 11.5 Å². The van der Waals surface area contributed by atoms with Gasteiger partial charge in [-0.15, -0.1) is 0 Å². The van der Waals surface area contributed by atoms with Crippen LogP contribution in [0.3, 0.4) is 0 Å². The standard InChI is InChI=1S/C20H24N4O3/c1-26-17-8-3-13(11-18(17)27-2)16-12-21-24-10-9-19(23-20(16)24)22-14-4-6-15(25)7-5-14/h3,8-12,14-15,25H,4-7H2,1-2H3,(H,22,23). The summed E-state index contributed by atoms with van der Waals surface area (Å²) in [6.45, 7) is 0. The van der Waals surface area contributed by atoms with E-state index in [1.54, 1.807) is 18.7 Å². The molecule has 7 nitrogen and oxygen atoms in total. The molecule has 142 valence electrons. The second-order valence-corrected chi connectivity index (χ2v) is 6.86. The van der Waals surface area contributed by atoms with Crippen LogP contribution in [0.15, 0.2) is 36.7 Å². The van der Waals surface area contributed by atoms with Gasteiger partial charge >= 0.3 is 0 Å². The molecule has 0 radical (unpaired) electrons. The van der Waals surface area contributed by atoms with Gasteiger partial charge in [0.2, 0.25) is 0 Å². The third-order valence-corrected chi connectivity index (χ3v) is 5.11. The highest BCUT2D eigenvalue weighted by Crippen LogP contribution is 2.33. The topological polar surface area (TPSA) is 80.9 Å². The smallest absolute Gasteiger partial charge is 0.165 e. The van der Waals surface area contributed by atoms with Gasteiger partial charge in [0.05, 0.1) is 26.5 Å². The summed E-state index contributed by atoms with van der Waals surface area (Å²) in [5.41, 5.74) is 2.68. The van der Waals surface area contributed by atoms with Crippen LogP contribution >= 0.6 is 0 Å². The van der Waals surface area contributed by atoms with E-state index < -0.39 is 0 Å². The molecule has 0 unspecified atom stereocenters. The number of aliphatic hydroxyl groups is 1. The number of nitrogens with one attached hydrogen (secondary N) is 1. The molecule has 2 heterocycles. The van der Waals surface area contributed by atoms with Crippen molar-refractivity contribution in [3.63, 3.8) is 0 Å². The predicted octanol–water partition coefficient (Wildman–Crippen LogP) is 3.13. The Balaban J connectivity index is 1.64. The summed E-state index contributed by atoms with van der Waals surface area (Å²) in [5, 5.41) is 17.6. The molecule has 1 fully saturated rings. The Hall–Kier alpha value is -2.80. The number of anilines is 1. The number of ether oxygens (including phenoxy) is 2. The largest absolute Gasteiger partial charge is 0.493 e. The van der Waals surface area contributed by atoms with E-state index in [0.717, 1.165) is 48.3 Å². The minimum Gasteiger partial charge on any atom is -0.493 e. The van der Waals surface area contributed by atoms with Gasteiger partial charge in [-0.3, -0.25) is 0 Å². The van der Waals surface area contributed by atoms with Gasteiger partial charge in [0, 0.05) is 17.8 Å². The van der Waals surface area contributed by atoms with Gasteiger partial charge in [-0.05, 0) is 49.4 Å². The average Bonchev–Trinajstić information content (AvgIpc) is 3.12. The molecule has 0 spiro atoms. The molecule has 1 aliphatic carbocycles. The van der Waals surface area contributed by atoms with Gasteiger partial charge < -0.3 is 19.9 Å². The zero-order valence-corrected chi connectivity index (χ0v) is 15.6. The van der Waals surface area contributed by atoms with Crippen molar-refractivity contribution in [2.45, 2.75) is 37.8 Å². The fraction of sp³-hybridized carbons (Fsp3) is 0.400. The quantitative estimate of drug-likeness (QED) is 0.720. The predicted molar refractivity (Wildman–Crippen MR) is 103 cm³/mol. The molecule has 0 saturated heterocycles. The second kappa shape index (κ2) is 7.44. The molecule has 0 bridgehead atoms. The highest BCUT2D eigenvalue weighted by atomic mass is 16.5. The Kier molecular flexibility index (Phi) is 4.85. The van der Waals surface area contributed by atoms with Crippen LogP contribution in [-0.2, 0) is 0 Å². The van der Waals surface area contributed by atoms with E-state index in [2.05, 4.69) is 10.4 Å². The van der Waals surface area contributed by atoms with Gasteiger partial charge in [-0.2, -0.15) is 5.10 Å². The lowest BCUT2D eigenvalue weighted by atomic mass is 9.93. The highest BCUT2D eigenvalue weighted by Gasteiger charge is 2.20. The Labute approximate surface area is 157 Å². The number of hydrogen-bond acceptors (Lipinski definition) is 6. The van der Waals surface area contributed by atoms with E-state index >= 15 is 0 Å². The number of aromatic nitrogens is 3. The first-order chi connectivity index (χ1) is 13.2. The SMILES string of the molecule is COc1ccc(-c2cnn3ccc(NC4CCC(O)CC4)nc23)cc1OC. The van der Waals surface area contributed by atoms with E-state index in [4.69, 9.17) is 14.5 Å². The minimum atomic E-state index is -0.162. The molecule has 0 amide bonds. The van der Waals surface area contributed by atoms with Crippen LogP contribution in [0.4, 0.5) is 5.82 Å². The van der Waals surface area contributed by atoms with Crippen LogP contribution in [0.1, 0.15) is 25.7 Å². The normalized spacial score (nSPS) is 19.8. The van der Waals surface area contributed by atoms with Gasteiger partial charge in [0.25, 0.3) is 0 Å². The number of benzene rings is 1. The summed E-state index contributed by atoms with van der Waals surface area (Å²) in [5.74, 6) is 2.18. The van der Waals surface area contributed by atoms with E-state index in [0.29, 0.717) is 17.5 Å². The molecule has 0 aliphatic heterocycles. The number of aliphatic hydroxyl groups excluding tert-OH is 1. The molecule has 1 aliphatic rings. The lowest BCUT2D eigenvalue weighted by molar-refractivity contribution is 0.126. The molecular formula is C20H24N4O3. The Morgan fingerprint density at radius 3 is 2.59 bits per heavy atom. The third-order valence-electron chi connectivity index (χ3n) is 5.11. The fourth-order valence-electron chi connectivity index (χ4n) is 3.59. The first-order valence-corrected chi connectivity index (χ1v) is 9.19. The molecular weight excluding hydrogens is 344 g/mol. The maximum atomic E-state index is 9.67. The number of rotatable bonds is 5. The minimum absolute atomic E-state index is 0.162. The van der Waals surface area contributed by atoms with Crippen molar-refractivity contribution in [3.05, 3.63) is 36.7 Å². The van der Waals surface area contributed by atoms with Crippen LogP contribution in [-0.4, -0.2) is 46.1 Å². The average molecular weight is 368 g/mol. The van der Waals surface area contributed by atoms with Crippen LogP contribution in [0.2, 0.25) is 0 Å². The monoisotopic (exact) mass is 368 g/mol. The Bertz CT molecular complexity index is 932. The molecule has 3 aromatic rings. The Morgan fingerprint density at radius 2 is 1.85 bits per heavy atom. The lowest BCUT2D eigenvalue weighted by Gasteiger charge is -2.26. The second-order valence-electron chi connectivity index (χ2n) is 6.86. The van der Waals surface area contributed by atoms with Crippen LogP contribution in [0.5, 0.6) is 11.5 Å². The maximum absolute atomic E-state index is 9.67. The molecule has 7 heteroatoms. The van der Waals surface area contributed by atoms with Crippen molar-refractivity contribution in [1.82, 2.24) is 14.6 Å².